The number of nitrogens with one attached hydrogen (secondary N) is 2. The number of guanidine groups is 1. The number of halogens is 2. The molecule has 1 aromatic rings. The van der Waals surface area contributed by atoms with E-state index in [2.05, 4.69) is 37.4 Å². The first-order chi connectivity index (χ1) is 12.2. The molecule has 1 fully saturated rings. The Hall–Kier alpha value is -1.17. The lowest BCUT2D eigenvalue weighted by Crippen LogP contribution is -2.46. The van der Waals surface area contributed by atoms with Crippen LogP contribution in [0.3, 0.4) is 0 Å². The highest BCUT2D eigenvalue weighted by Crippen LogP contribution is 2.25. The number of nitrogens with zero attached hydrogens (tertiary/aromatic N) is 3. The lowest BCUT2D eigenvalue weighted by Gasteiger charge is -2.36. The zero-order valence-corrected chi connectivity index (χ0v) is 18.5. The van der Waals surface area contributed by atoms with Crippen LogP contribution in [0.25, 0.3) is 0 Å². The van der Waals surface area contributed by atoms with Crippen molar-refractivity contribution in [3.63, 3.8) is 0 Å². The van der Waals surface area contributed by atoms with Crippen LogP contribution in [0.2, 0.25) is 5.02 Å². The van der Waals surface area contributed by atoms with Crippen molar-refractivity contribution in [2.75, 3.05) is 57.3 Å². The predicted molar refractivity (Wildman–Crippen MR) is 123 cm³/mol. The lowest BCUT2D eigenvalue weighted by atomic mass is 10.2. The molecule has 0 saturated carbocycles. The summed E-state index contributed by atoms with van der Waals surface area (Å²) in [5.41, 5.74) is 1.14. The number of anilines is 1. The van der Waals surface area contributed by atoms with E-state index in [4.69, 9.17) is 18.0 Å². The minimum atomic E-state index is 0. The van der Waals surface area contributed by atoms with E-state index in [0.29, 0.717) is 6.54 Å². The van der Waals surface area contributed by atoms with Gasteiger partial charge in [0.15, 0.2) is 5.96 Å². The van der Waals surface area contributed by atoms with E-state index in [0.717, 1.165) is 68.9 Å². The number of hydrogen-bond acceptors (Lipinski definition) is 3. The molecule has 7 heteroatoms. The fraction of sp³-hybridized carbons (Fsp3) is 0.526. The van der Waals surface area contributed by atoms with Gasteiger partial charge in [-0.3, -0.25) is 9.89 Å². The molecule has 2 N–H and O–H groups in total. The standard InChI is InChI=1S/C19H28ClN5.HI/c1-3-10-22-19(21-4-2)23-11-7-12-24-13-15-25(16-14-24)18-9-6-5-8-17(18)20;/h1,5-6,8-9H,4,7,10-16H2,2H3,(H2,21,22,23);1H. The number of hydrogen-bond donors (Lipinski definition) is 2. The average molecular weight is 490 g/mol. The first kappa shape index (κ1) is 22.9. The Kier molecular flexibility index (Phi) is 11.5. The van der Waals surface area contributed by atoms with Gasteiger partial charge in [0.25, 0.3) is 0 Å². The van der Waals surface area contributed by atoms with Gasteiger partial charge in [0.1, 0.15) is 0 Å². The van der Waals surface area contributed by atoms with Crippen LogP contribution < -0.4 is 15.5 Å². The van der Waals surface area contributed by atoms with Gasteiger partial charge >= 0.3 is 0 Å². The van der Waals surface area contributed by atoms with Gasteiger partial charge in [-0.1, -0.05) is 29.7 Å². The van der Waals surface area contributed by atoms with Crippen LogP contribution in [-0.4, -0.2) is 63.2 Å². The van der Waals surface area contributed by atoms with Crippen LogP contribution in [-0.2, 0) is 0 Å². The van der Waals surface area contributed by atoms with Gasteiger partial charge in [-0.25, -0.2) is 0 Å². The monoisotopic (exact) mass is 489 g/mol. The zero-order valence-electron chi connectivity index (χ0n) is 15.4. The third kappa shape index (κ3) is 7.60. The summed E-state index contributed by atoms with van der Waals surface area (Å²) >= 11 is 6.29. The van der Waals surface area contributed by atoms with Gasteiger partial charge in [-0.15, -0.1) is 30.4 Å². The minimum Gasteiger partial charge on any atom is -0.368 e. The normalized spacial score (nSPS) is 15.1. The smallest absolute Gasteiger partial charge is 0.192 e. The van der Waals surface area contributed by atoms with Gasteiger partial charge in [-0.2, -0.15) is 0 Å². The molecule has 144 valence electrons. The summed E-state index contributed by atoms with van der Waals surface area (Å²) in [6, 6.07) is 8.07. The van der Waals surface area contributed by atoms with Crippen molar-refractivity contribution >= 4 is 47.2 Å². The average Bonchev–Trinajstić information content (AvgIpc) is 2.64. The highest BCUT2D eigenvalue weighted by molar-refractivity contribution is 14.0. The van der Waals surface area contributed by atoms with Crippen molar-refractivity contribution in [3.05, 3.63) is 29.3 Å². The molecule has 5 nitrogen and oxygen atoms in total. The Morgan fingerprint density at radius 1 is 1.23 bits per heavy atom. The summed E-state index contributed by atoms with van der Waals surface area (Å²) in [6.45, 7) is 9.38. The first-order valence-electron chi connectivity index (χ1n) is 8.92. The fourth-order valence-corrected chi connectivity index (χ4v) is 3.14. The summed E-state index contributed by atoms with van der Waals surface area (Å²) in [6.07, 6.45) is 6.31. The van der Waals surface area contributed by atoms with Gasteiger partial charge in [0.05, 0.1) is 17.3 Å². The fourth-order valence-electron chi connectivity index (χ4n) is 2.88. The van der Waals surface area contributed by atoms with Crippen LogP contribution in [0.15, 0.2) is 29.3 Å². The van der Waals surface area contributed by atoms with Crippen molar-refractivity contribution in [1.82, 2.24) is 15.5 Å². The van der Waals surface area contributed by atoms with Crippen molar-refractivity contribution < 1.29 is 0 Å². The maximum atomic E-state index is 6.29. The highest BCUT2D eigenvalue weighted by atomic mass is 127. The number of terminal acetylenes is 1. The number of aliphatic imine (C=N–C) groups is 1. The van der Waals surface area contributed by atoms with Crippen LogP contribution in [0.4, 0.5) is 5.69 Å². The number of rotatable bonds is 7. The van der Waals surface area contributed by atoms with Crippen LogP contribution in [0.1, 0.15) is 13.3 Å². The molecule has 0 radical (unpaired) electrons. The van der Waals surface area contributed by atoms with Crippen molar-refractivity contribution in [2.45, 2.75) is 13.3 Å². The number of benzene rings is 1. The second kappa shape index (κ2) is 13.1. The van der Waals surface area contributed by atoms with Crippen LogP contribution in [0.5, 0.6) is 0 Å². The van der Waals surface area contributed by atoms with Gasteiger partial charge in [-0.05, 0) is 25.5 Å². The molecule has 0 bridgehead atoms. The van der Waals surface area contributed by atoms with Crippen molar-refractivity contribution in [1.29, 1.82) is 0 Å². The van der Waals surface area contributed by atoms with Crippen molar-refractivity contribution in [3.8, 4) is 12.3 Å². The summed E-state index contributed by atoms with van der Waals surface area (Å²) in [7, 11) is 0. The largest absolute Gasteiger partial charge is 0.368 e. The molecule has 0 unspecified atom stereocenters. The molecule has 1 heterocycles. The van der Waals surface area contributed by atoms with Gasteiger partial charge in [0.2, 0.25) is 0 Å². The molecule has 1 aromatic carbocycles. The summed E-state index contributed by atoms with van der Waals surface area (Å²) in [5, 5.41) is 7.14. The summed E-state index contributed by atoms with van der Waals surface area (Å²) in [4.78, 5) is 9.41. The summed E-state index contributed by atoms with van der Waals surface area (Å²) in [5.74, 6) is 3.36. The van der Waals surface area contributed by atoms with E-state index < -0.39 is 0 Å². The van der Waals surface area contributed by atoms with E-state index in [1.54, 1.807) is 0 Å². The molecule has 0 aromatic heterocycles. The molecule has 1 aliphatic heterocycles. The maximum absolute atomic E-state index is 6.29. The molecule has 26 heavy (non-hydrogen) atoms. The van der Waals surface area contributed by atoms with Crippen LogP contribution >= 0.6 is 35.6 Å². The second-order valence-electron chi connectivity index (χ2n) is 5.95. The number of para-hydroxylation sites is 1. The minimum absolute atomic E-state index is 0. The molecule has 1 saturated heterocycles. The Morgan fingerprint density at radius 2 is 1.96 bits per heavy atom. The summed E-state index contributed by atoms with van der Waals surface area (Å²) < 4.78 is 0. The maximum Gasteiger partial charge on any atom is 0.192 e. The molecular weight excluding hydrogens is 461 g/mol. The Morgan fingerprint density at radius 3 is 2.62 bits per heavy atom. The van der Waals surface area contributed by atoms with E-state index in [1.165, 1.54) is 0 Å². The third-order valence-electron chi connectivity index (χ3n) is 4.17. The van der Waals surface area contributed by atoms with E-state index in [1.807, 2.05) is 25.1 Å². The van der Waals surface area contributed by atoms with Crippen molar-refractivity contribution in [2.24, 2.45) is 4.99 Å². The lowest BCUT2D eigenvalue weighted by molar-refractivity contribution is 0.256. The van der Waals surface area contributed by atoms with E-state index in [9.17, 15) is 0 Å². The van der Waals surface area contributed by atoms with Gasteiger partial charge in [0, 0.05) is 45.8 Å². The number of piperazine rings is 1. The topological polar surface area (TPSA) is 42.9 Å². The molecular formula is C19H29ClIN5. The SMILES string of the molecule is C#CCNC(=NCCCN1CCN(c2ccccc2Cl)CC1)NCC.I. The Balaban J connectivity index is 0.00000338. The molecule has 0 spiro atoms. The second-order valence-corrected chi connectivity index (χ2v) is 6.36. The van der Waals surface area contributed by atoms with E-state index in [-0.39, 0.29) is 24.0 Å². The quantitative estimate of drug-likeness (QED) is 0.203. The van der Waals surface area contributed by atoms with Crippen LogP contribution in [0, 0.1) is 12.3 Å². The Bertz CT molecular complexity index is 594. The zero-order chi connectivity index (χ0) is 17.9. The predicted octanol–water partition coefficient (Wildman–Crippen LogP) is 2.66. The van der Waals surface area contributed by atoms with E-state index >= 15 is 0 Å². The highest BCUT2D eigenvalue weighted by Gasteiger charge is 2.18. The molecule has 1 aliphatic rings. The molecule has 0 atom stereocenters. The van der Waals surface area contributed by atoms with Gasteiger partial charge < -0.3 is 15.5 Å². The molecule has 0 amide bonds. The third-order valence-corrected chi connectivity index (χ3v) is 4.49. The Labute approximate surface area is 179 Å². The molecule has 0 aliphatic carbocycles. The first-order valence-corrected chi connectivity index (χ1v) is 9.30. The molecule has 2 rings (SSSR count).